The molecule has 0 bridgehead atoms. The summed E-state index contributed by atoms with van der Waals surface area (Å²) in [6.07, 6.45) is 6.29. The lowest BCUT2D eigenvalue weighted by molar-refractivity contribution is -0.0420. The van der Waals surface area contributed by atoms with Crippen molar-refractivity contribution in [2.75, 3.05) is 19.8 Å². The fourth-order valence-corrected chi connectivity index (χ4v) is 3.27. The minimum Gasteiger partial charge on any atom is -0.395 e. The van der Waals surface area contributed by atoms with Crippen molar-refractivity contribution >= 4 is 0 Å². The molecule has 4 atom stereocenters. The molecule has 0 radical (unpaired) electrons. The van der Waals surface area contributed by atoms with Gasteiger partial charge in [0.25, 0.3) is 0 Å². The third-order valence-electron chi connectivity index (χ3n) is 4.66. The molecule has 2 N–H and O–H groups in total. The van der Waals surface area contributed by atoms with Crippen LogP contribution in [0.1, 0.15) is 59.8 Å². The third kappa shape index (κ3) is 6.11. The predicted octanol–water partition coefficient (Wildman–Crippen LogP) is 3.21. The average molecular weight is 285 g/mol. The zero-order valence-electron chi connectivity index (χ0n) is 13.9. The topological polar surface area (TPSA) is 41.5 Å². The molecule has 1 saturated carbocycles. The van der Waals surface area contributed by atoms with Gasteiger partial charge in [-0.15, -0.1) is 0 Å². The van der Waals surface area contributed by atoms with Crippen molar-refractivity contribution in [2.24, 2.45) is 17.8 Å². The molecule has 3 nitrogen and oxygen atoms in total. The van der Waals surface area contributed by atoms with Gasteiger partial charge >= 0.3 is 0 Å². The highest BCUT2D eigenvalue weighted by molar-refractivity contribution is 4.81. The summed E-state index contributed by atoms with van der Waals surface area (Å²) in [6.45, 7) is 11.1. The van der Waals surface area contributed by atoms with Crippen LogP contribution in [-0.4, -0.2) is 37.0 Å². The zero-order valence-corrected chi connectivity index (χ0v) is 13.9. The Hall–Kier alpha value is -0.120. The molecule has 1 rings (SSSR count). The van der Waals surface area contributed by atoms with E-state index in [0.717, 1.165) is 31.9 Å². The van der Waals surface area contributed by atoms with E-state index in [2.05, 4.69) is 33.0 Å². The van der Waals surface area contributed by atoms with Gasteiger partial charge in [0, 0.05) is 12.6 Å². The minimum atomic E-state index is 0.188. The van der Waals surface area contributed by atoms with Gasteiger partial charge in [0.15, 0.2) is 0 Å². The lowest BCUT2D eigenvalue weighted by Gasteiger charge is -2.37. The smallest absolute Gasteiger partial charge is 0.0608 e. The van der Waals surface area contributed by atoms with Gasteiger partial charge in [-0.2, -0.15) is 0 Å². The van der Waals surface area contributed by atoms with Crippen LogP contribution in [0.5, 0.6) is 0 Å². The fourth-order valence-electron chi connectivity index (χ4n) is 3.27. The van der Waals surface area contributed by atoms with Crippen LogP contribution in [0.25, 0.3) is 0 Å². The molecule has 0 amide bonds. The van der Waals surface area contributed by atoms with E-state index in [4.69, 9.17) is 4.74 Å². The van der Waals surface area contributed by atoms with E-state index < -0.39 is 0 Å². The number of ether oxygens (including phenoxy) is 1. The molecule has 0 aromatic rings. The van der Waals surface area contributed by atoms with Crippen LogP contribution in [0.15, 0.2) is 0 Å². The highest BCUT2D eigenvalue weighted by Crippen LogP contribution is 2.35. The first-order valence-corrected chi connectivity index (χ1v) is 8.54. The molecule has 0 aliphatic heterocycles. The molecule has 20 heavy (non-hydrogen) atoms. The summed E-state index contributed by atoms with van der Waals surface area (Å²) in [5.41, 5.74) is 0. The number of hydrogen-bond acceptors (Lipinski definition) is 3. The van der Waals surface area contributed by atoms with Crippen LogP contribution in [0, 0.1) is 17.8 Å². The van der Waals surface area contributed by atoms with Crippen molar-refractivity contribution in [3.05, 3.63) is 0 Å². The van der Waals surface area contributed by atoms with Crippen LogP contribution in [0.4, 0.5) is 0 Å². The first kappa shape index (κ1) is 17.9. The third-order valence-corrected chi connectivity index (χ3v) is 4.66. The van der Waals surface area contributed by atoms with Crippen molar-refractivity contribution in [3.8, 4) is 0 Å². The maximum absolute atomic E-state index is 9.35. The standard InChI is InChI=1S/C17H35NO2/c1-5-9-18-15(12-19)8-10-20-17-11-14(4)6-7-16(17)13(2)3/h13-19H,5-12H2,1-4H3. The summed E-state index contributed by atoms with van der Waals surface area (Å²) in [4.78, 5) is 0. The number of nitrogens with one attached hydrogen (secondary N) is 1. The summed E-state index contributed by atoms with van der Waals surface area (Å²) >= 11 is 0. The first-order valence-electron chi connectivity index (χ1n) is 8.54. The van der Waals surface area contributed by atoms with Crippen molar-refractivity contribution in [1.82, 2.24) is 5.32 Å². The van der Waals surface area contributed by atoms with Gasteiger partial charge in [-0.1, -0.05) is 34.1 Å². The molecule has 0 aromatic heterocycles. The molecular formula is C17H35NO2. The lowest BCUT2D eigenvalue weighted by atomic mass is 9.75. The Morgan fingerprint density at radius 2 is 2.05 bits per heavy atom. The van der Waals surface area contributed by atoms with Gasteiger partial charge in [-0.25, -0.2) is 0 Å². The average Bonchev–Trinajstić information content (AvgIpc) is 2.42. The van der Waals surface area contributed by atoms with E-state index in [9.17, 15) is 5.11 Å². The van der Waals surface area contributed by atoms with E-state index >= 15 is 0 Å². The van der Waals surface area contributed by atoms with E-state index in [1.54, 1.807) is 0 Å². The Balaban J connectivity index is 2.33. The Kier molecular flexibility index (Phi) is 8.74. The number of rotatable bonds is 9. The Morgan fingerprint density at radius 1 is 1.30 bits per heavy atom. The maximum atomic E-state index is 9.35. The Labute approximate surface area is 125 Å². The van der Waals surface area contributed by atoms with Crippen LogP contribution in [-0.2, 0) is 4.74 Å². The molecule has 0 aromatic carbocycles. The van der Waals surface area contributed by atoms with Gasteiger partial charge in [0.2, 0.25) is 0 Å². The number of hydrogen-bond donors (Lipinski definition) is 2. The monoisotopic (exact) mass is 285 g/mol. The van der Waals surface area contributed by atoms with Crippen molar-refractivity contribution in [2.45, 2.75) is 71.9 Å². The van der Waals surface area contributed by atoms with Crippen LogP contribution < -0.4 is 5.32 Å². The maximum Gasteiger partial charge on any atom is 0.0608 e. The van der Waals surface area contributed by atoms with Gasteiger partial charge in [0.05, 0.1) is 12.7 Å². The number of aliphatic hydroxyl groups is 1. The van der Waals surface area contributed by atoms with Gasteiger partial charge < -0.3 is 15.2 Å². The molecule has 0 saturated heterocycles. The summed E-state index contributed by atoms with van der Waals surface area (Å²) in [5.74, 6) is 2.21. The fraction of sp³-hybridized carbons (Fsp3) is 1.00. The van der Waals surface area contributed by atoms with E-state index in [1.165, 1.54) is 19.3 Å². The molecule has 4 unspecified atom stereocenters. The van der Waals surface area contributed by atoms with Crippen LogP contribution >= 0.6 is 0 Å². The minimum absolute atomic E-state index is 0.188. The normalized spacial score (nSPS) is 28.8. The first-order chi connectivity index (χ1) is 9.58. The zero-order chi connectivity index (χ0) is 15.0. The van der Waals surface area contributed by atoms with Gasteiger partial charge in [-0.05, 0) is 50.0 Å². The van der Waals surface area contributed by atoms with E-state index in [-0.39, 0.29) is 12.6 Å². The summed E-state index contributed by atoms with van der Waals surface area (Å²) < 4.78 is 6.19. The molecule has 120 valence electrons. The highest BCUT2D eigenvalue weighted by Gasteiger charge is 2.31. The predicted molar refractivity (Wildman–Crippen MR) is 84.9 cm³/mol. The summed E-state index contributed by atoms with van der Waals surface area (Å²) in [6, 6.07) is 0.188. The molecular weight excluding hydrogens is 250 g/mol. The summed E-state index contributed by atoms with van der Waals surface area (Å²) in [7, 11) is 0. The molecule has 1 aliphatic carbocycles. The highest BCUT2D eigenvalue weighted by atomic mass is 16.5. The molecule has 0 heterocycles. The Bertz CT molecular complexity index is 245. The van der Waals surface area contributed by atoms with Gasteiger partial charge in [-0.3, -0.25) is 0 Å². The van der Waals surface area contributed by atoms with Crippen molar-refractivity contribution < 1.29 is 9.84 Å². The molecule has 1 fully saturated rings. The van der Waals surface area contributed by atoms with E-state index in [0.29, 0.717) is 17.9 Å². The van der Waals surface area contributed by atoms with E-state index in [1.807, 2.05) is 0 Å². The SMILES string of the molecule is CCCNC(CO)CCOC1CC(C)CCC1C(C)C. The second kappa shape index (κ2) is 9.75. The lowest BCUT2D eigenvalue weighted by Crippen LogP contribution is -2.37. The summed E-state index contributed by atoms with van der Waals surface area (Å²) in [5, 5.41) is 12.7. The molecule has 3 heteroatoms. The number of aliphatic hydroxyl groups excluding tert-OH is 1. The van der Waals surface area contributed by atoms with Gasteiger partial charge in [0.1, 0.15) is 0 Å². The second-order valence-electron chi connectivity index (χ2n) is 6.86. The van der Waals surface area contributed by atoms with Crippen molar-refractivity contribution in [1.29, 1.82) is 0 Å². The molecule has 0 spiro atoms. The Morgan fingerprint density at radius 3 is 2.65 bits per heavy atom. The van der Waals surface area contributed by atoms with Crippen LogP contribution in [0.2, 0.25) is 0 Å². The second-order valence-corrected chi connectivity index (χ2v) is 6.86. The largest absolute Gasteiger partial charge is 0.395 e. The van der Waals surface area contributed by atoms with Crippen molar-refractivity contribution in [3.63, 3.8) is 0 Å². The molecule has 1 aliphatic rings. The van der Waals surface area contributed by atoms with Crippen LogP contribution in [0.3, 0.4) is 0 Å². The quantitative estimate of drug-likeness (QED) is 0.683.